The molecule has 0 heterocycles. The summed E-state index contributed by atoms with van der Waals surface area (Å²) in [5.41, 5.74) is 3.85. The van der Waals surface area contributed by atoms with Gasteiger partial charge in [0.05, 0.1) is 12.7 Å². The van der Waals surface area contributed by atoms with Gasteiger partial charge in [0, 0.05) is 13.8 Å². The van der Waals surface area contributed by atoms with Gasteiger partial charge in [-0.2, -0.15) is 0 Å². The van der Waals surface area contributed by atoms with Crippen LogP contribution in [0.5, 0.6) is 0 Å². The van der Waals surface area contributed by atoms with Gasteiger partial charge >= 0.3 is 7.60 Å². The standard InChI is InChI=1S/C18H33O4P/c1-15(2)9-7-10-16(3)11-8-12-17(4)13-18(19)14-22-23(6,20)21-5/h9,11,13,18-19H,7-8,10,12,14H2,1-6H3. The fraction of sp³-hybridized carbons (Fsp3) is 0.667. The van der Waals surface area contributed by atoms with Crippen LogP contribution < -0.4 is 0 Å². The summed E-state index contributed by atoms with van der Waals surface area (Å²) in [6, 6.07) is 0. The van der Waals surface area contributed by atoms with Crippen molar-refractivity contribution >= 4 is 7.60 Å². The highest BCUT2D eigenvalue weighted by Gasteiger charge is 2.15. The first-order valence-electron chi connectivity index (χ1n) is 8.08. The lowest BCUT2D eigenvalue weighted by atomic mass is 10.1. The van der Waals surface area contributed by atoms with Crippen molar-refractivity contribution in [3.8, 4) is 0 Å². The van der Waals surface area contributed by atoms with E-state index in [1.54, 1.807) is 6.08 Å². The van der Waals surface area contributed by atoms with E-state index < -0.39 is 13.7 Å². The van der Waals surface area contributed by atoms with Gasteiger partial charge in [-0.3, -0.25) is 4.57 Å². The lowest BCUT2D eigenvalue weighted by Gasteiger charge is -2.13. The number of rotatable bonds is 11. The topological polar surface area (TPSA) is 55.8 Å². The van der Waals surface area contributed by atoms with Gasteiger partial charge < -0.3 is 14.2 Å². The zero-order valence-electron chi connectivity index (χ0n) is 15.5. The molecule has 0 aliphatic carbocycles. The Morgan fingerprint density at radius 2 is 1.65 bits per heavy atom. The monoisotopic (exact) mass is 344 g/mol. The Hall–Kier alpha value is -0.670. The first-order chi connectivity index (χ1) is 10.7. The molecule has 0 rings (SSSR count). The highest BCUT2D eigenvalue weighted by molar-refractivity contribution is 7.52. The van der Waals surface area contributed by atoms with E-state index in [4.69, 9.17) is 9.05 Å². The Labute approximate surface area is 141 Å². The second-order valence-electron chi connectivity index (χ2n) is 6.24. The van der Waals surface area contributed by atoms with E-state index in [0.29, 0.717) is 0 Å². The predicted molar refractivity (Wildman–Crippen MR) is 97.9 cm³/mol. The van der Waals surface area contributed by atoms with Crippen molar-refractivity contribution in [3.05, 3.63) is 34.9 Å². The molecule has 0 spiro atoms. The summed E-state index contributed by atoms with van der Waals surface area (Å²) >= 11 is 0. The smallest absolute Gasteiger partial charge is 0.327 e. The van der Waals surface area contributed by atoms with E-state index in [-0.39, 0.29) is 6.61 Å². The highest BCUT2D eigenvalue weighted by Crippen LogP contribution is 2.42. The van der Waals surface area contributed by atoms with Crippen LogP contribution in [0.25, 0.3) is 0 Å². The van der Waals surface area contributed by atoms with Gasteiger partial charge in [-0.15, -0.1) is 0 Å². The molecule has 2 unspecified atom stereocenters. The Morgan fingerprint density at radius 1 is 1.09 bits per heavy atom. The molecule has 5 heteroatoms. The van der Waals surface area contributed by atoms with E-state index in [0.717, 1.165) is 31.3 Å². The predicted octanol–water partition coefficient (Wildman–Crippen LogP) is 5.25. The first kappa shape index (κ1) is 22.3. The van der Waals surface area contributed by atoms with Gasteiger partial charge in [0.1, 0.15) is 0 Å². The quantitative estimate of drug-likeness (QED) is 0.411. The zero-order chi connectivity index (χ0) is 17.9. The Balaban J connectivity index is 4.14. The summed E-state index contributed by atoms with van der Waals surface area (Å²) in [5.74, 6) is 0. The molecule has 0 saturated carbocycles. The van der Waals surface area contributed by atoms with E-state index in [9.17, 15) is 9.67 Å². The van der Waals surface area contributed by atoms with Gasteiger partial charge in [-0.1, -0.05) is 34.9 Å². The molecule has 1 N–H and O–H groups in total. The van der Waals surface area contributed by atoms with Gasteiger partial charge in [0.15, 0.2) is 0 Å². The lowest BCUT2D eigenvalue weighted by molar-refractivity contribution is 0.129. The maximum Gasteiger partial charge on any atom is 0.327 e. The fourth-order valence-corrected chi connectivity index (χ4v) is 2.49. The molecule has 134 valence electrons. The van der Waals surface area contributed by atoms with Crippen LogP contribution in [0.1, 0.15) is 53.4 Å². The molecule has 23 heavy (non-hydrogen) atoms. The third-order valence-electron chi connectivity index (χ3n) is 3.41. The van der Waals surface area contributed by atoms with Crippen LogP contribution in [0.4, 0.5) is 0 Å². The highest BCUT2D eigenvalue weighted by atomic mass is 31.2. The van der Waals surface area contributed by atoms with E-state index >= 15 is 0 Å². The minimum Gasteiger partial charge on any atom is -0.387 e. The van der Waals surface area contributed by atoms with Crippen molar-refractivity contribution in [2.45, 2.75) is 59.5 Å². The second-order valence-corrected chi connectivity index (χ2v) is 8.41. The maximum absolute atomic E-state index is 11.6. The van der Waals surface area contributed by atoms with Crippen LogP contribution in [0.3, 0.4) is 0 Å². The summed E-state index contributed by atoms with van der Waals surface area (Å²) < 4.78 is 21.3. The van der Waals surface area contributed by atoms with Gasteiger partial charge in [-0.05, 0) is 53.4 Å². The van der Waals surface area contributed by atoms with E-state index in [1.165, 1.54) is 24.9 Å². The molecule has 0 saturated heterocycles. The molecular weight excluding hydrogens is 311 g/mol. The van der Waals surface area contributed by atoms with Crippen molar-refractivity contribution in [2.75, 3.05) is 20.4 Å². The minimum absolute atomic E-state index is 0.0173. The van der Waals surface area contributed by atoms with E-state index in [1.807, 2.05) is 6.92 Å². The average molecular weight is 344 g/mol. The molecular formula is C18H33O4P. The fourth-order valence-electron chi connectivity index (χ4n) is 1.96. The molecule has 0 aromatic carbocycles. The Bertz CT molecular complexity index is 473. The van der Waals surface area contributed by atoms with Crippen LogP contribution in [0, 0.1) is 0 Å². The Morgan fingerprint density at radius 3 is 2.22 bits per heavy atom. The molecule has 0 bridgehead atoms. The summed E-state index contributed by atoms with van der Waals surface area (Å²) in [6.45, 7) is 9.75. The number of allylic oxidation sites excluding steroid dienone is 5. The molecule has 2 atom stereocenters. The van der Waals surface area contributed by atoms with Gasteiger partial charge in [0.2, 0.25) is 0 Å². The number of aliphatic hydroxyl groups excluding tert-OH is 1. The number of aliphatic hydroxyl groups is 1. The van der Waals surface area contributed by atoms with Crippen molar-refractivity contribution in [2.24, 2.45) is 0 Å². The first-order valence-corrected chi connectivity index (χ1v) is 10.1. The average Bonchev–Trinajstić information content (AvgIpc) is 2.45. The largest absolute Gasteiger partial charge is 0.387 e. The van der Waals surface area contributed by atoms with Crippen LogP contribution in [-0.4, -0.2) is 31.6 Å². The normalized spacial score (nSPS) is 16.8. The molecule has 0 amide bonds. The van der Waals surface area contributed by atoms with Gasteiger partial charge in [0.25, 0.3) is 0 Å². The molecule has 4 nitrogen and oxygen atoms in total. The number of hydrogen-bond donors (Lipinski definition) is 1. The van der Waals surface area contributed by atoms with Crippen molar-refractivity contribution < 1.29 is 18.7 Å². The molecule has 0 aromatic heterocycles. The summed E-state index contributed by atoms with van der Waals surface area (Å²) in [5, 5.41) is 9.86. The molecule has 0 aromatic rings. The molecule has 0 aliphatic rings. The van der Waals surface area contributed by atoms with Crippen LogP contribution in [-0.2, 0) is 13.6 Å². The molecule has 0 fully saturated rings. The third kappa shape index (κ3) is 13.5. The van der Waals surface area contributed by atoms with Crippen LogP contribution in [0.15, 0.2) is 34.9 Å². The van der Waals surface area contributed by atoms with Crippen molar-refractivity contribution in [1.29, 1.82) is 0 Å². The van der Waals surface area contributed by atoms with Crippen LogP contribution in [0.2, 0.25) is 0 Å². The lowest BCUT2D eigenvalue weighted by Crippen LogP contribution is -2.12. The van der Waals surface area contributed by atoms with E-state index in [2.05, 4.69) is 32.9 Å². The third-order valence-corrected chi connectivity index (χ3v) is 4.69. The van der Waals surface area contributed by atoms with Crippen molar-refractivity contribution in [1.82, 2.24) is 0 Å². The molecule has 0 radical (unpaired) electrons. The Kier molecular flexibility index (Phi) is 11.5. The molecule has 0 aliphatic heterocycles. The summed E-state index contributed by atoms with van der Waals surface area (Å²) in [6.07, 6.45) is 9.53. The second kappa shape index (κ2) is 11.8. The SMILES string of the molecule is COP(C)(=O)OCC(O)C=C(C)CCC=C(C)CCC=C(C)C. The van der Waals surface area contributed by atoms with Crippen LogP contribution >= 0.6 is 7.60 Å². The minimum atomic E-state index is -3.03. The van der Waals surface area contributed by atoms with Gasteiger partial charge in [-0.25, -0.2) is 0 Å². The summed E-state index contributed by atoms with van der Waals surface area (Å²) in [4.78, 5) is 0. The summed E-state index contributed by atoms with van der Waals surface area (Å²) in [7, 11) is -1.69. The number of hydrogen-bond acceptors (Lipinski definition) is 4. The maximum atomic E-state index is 11.6. The zero-order valence-corrected chi connectivity index (χ0v) is 16.4. The van der Waals surface area contributed by atoms with Crippen molar-refractivity contribution in [3.63, 3.8) is 0 Å².